The van der Waals surface area contributed by atoms with Crippen LogP contribution in [0.3, 0.4) is 0 Å². The number of aliphatic hydroxyl groups excluding tert-OH is 1. The average Bonchev–Trinajstić information content (AvgIpc) is 2.20. The molecule has 0 aliphatic heterocycles. The number of hydrogen-bond donors (Lipinski definition) is 2. The summed E-state index contributed by atoms with van der Waals surface area (Å²) >= 11 is 0. The van der Waals surface area contributed by atoms with Crippen LogP contribution < -0.4 is 5.32 Å². The van der Waals surface area contributed by atoms with Crippen LogP contribution in [0.25, 0.3) is 0 Å². The van der Waals surface area contributed by atoms with E-state index in [0.29, 0.717) is 18.5 Å². The maximum atomic E-state index is 13.1. The molecular formula is C11H16FNO. The number of rotatable bonds is 4. The molecule has 1 aromatic carbocycles. The van der Waals surface area contributed by atoms with Crippen molar-refractivity contribution in [3.8, 4) is 0 Å². The Balaban J connectivity index is 2.63. The lowest BCUT2D eigenvalue weighted by Crippen LogP contribution is -2.18. The van der Waals surface area contributed by atoms with Crippen LogP contribution in [-0.4, -0.2) is 17.8 Å². The van der Waals surface area contributed by atoms with Crippen LogP contribution in [0.2, 0.25) is 0 Å². The zero-order valence-electron chi connectivity index (χ0n) is 8.55. The molecule has 0 aromatic heterocycles. The minimum absolute atomic E-state index is 0.221. The lowest BCUT2D eigenvalue weighted by atomic mass is 10.2. The van der Waals surface area contributed by atoms with Gasteiger partial charge in [-0.1, -0.05) is 13.0 Å². The number of halogens is 1. The third-order valence-corrected chi connectivity index (χ3v) is 2.27. The van der Waals surface area contributed by atoms with Crippen molar-refractivity contribution in [2.75, 3.05) is 11.9 Å². The van der Waals surface area contributed by atoms with Crippen LogP contribution in [0.15, 0.2) is 18.2 Å². The van der Waals surface area contributed by atoms with Gasteiger partial charge in [0, 0.05) is 17.8 Å². The van der Waals surface area contributed by atoms with Gasteiger partial charge in [-0.25, -0.2) is 4.39 Å². The molecule has 3 heteroatoms. The zero-order chi connectivity index (χ0) is 10.6. The minimum atomic E-state index is -0.377. The van der Waals surface area contributed by atoms with Crippen LogP contribution in [0.5, 0.6) is 0 Å². The van der Waals surface area contributed by atoms with Gasteiger partial charge in [0.15, 0.2) is 0 Å². The first-order chi connectivity index (χ1) is 6.65. The van der Waals surface area contributed by atoms with Gasteiger partial charge >= 0.3 is 0 Å². The maximum Gasteiger partial charge on any atom is 0.128 e. The third-order valence-electron chi connectivity index (χ3n) is 2.27. The highest BCUT2D eigenvalue weighted by atomic mass is 19.1. The summed E-state index contributed by atoms with van der Waals surface area (Å²) in [7, 11) is 0. The van der Waals surface area contributed by atoms with E-state index in [1.165, 1.54) is 6.07 Å². The van der Waals surface area contributed by atoms with E-state index in [-0.39, 0.29) is 11.9 Å². The summed E-state index contributed by atoms with van der Waals surface area (Å²) < 4.78 is 13.1. The molecule has 0 fully saturated rings. The van der Waals surface area contributed by atoms with E-state index in [4.69, 9.17) is 0 Å². The fraction of sp³-hybridized carbons (Fsp3) is 0.455. The third kappa shape index (κ3) is 2.70. The van der Waals surface area contributed by atoms with E-state index < -0.39 is 0 Å². The van der Waals surface area contributed by atoms with Crippen molar-refractivity contribution in [2.24, 2.45) is 0 Å². The van der Waals surface area contributed by atoms with Gasteiger partial charge in [-0.05, 0) is 25.5 Å². The molecule has 0 aliphatic rings. The molecule has 14 heavy (non-hydrogen) atoms. The largest absolute Gasteiger partial charge is 0.391 e. The standard InChI is InChI=1S/C11H16FNO/c1-3-9(14)7-13-11-6-4-5-10(12)8(11)2/h4-6,9,13-14H,3,7H2,1-2H3/t9-/m1/s1. The SMILES string of the molecule is CC[C@@H](O)CNc1cccc(F)c1C. The molecule has 0 saturated heterocycles. The van der Waals surface area contributed by atoms with Gasteiger partial charge in [0.05, 0.1) is 6.10 Å². The summed E-state index contributed by atoms with van der Waals surface area (Å²) in [5, 5.41) is 12.3. The Morgan fingerprint density at radius 3 is 2.86 bits per heavy atom. The summed E-state index contributed by atoms with van der Waals surface area (Å²) in [6, 6.07) is 4.89. The molecule has 0 unspecified atom stereocenters. The summed E-state index contributed by atoms with van der Waals surface area (Å²) in [6.07, 6.45) is 0.319. The highest BCUT2D eigenvalue weighted by Crippen LogP contribution is 2.17. The summed E-state index contributed by atoms with van der Waals surface area (Å²) in [6.45, 7) is 4.08. The van der Waals surface area contributed by atoms with E-state index in [9.17, 15) is 9.50 Å². The first-order valence-corrected chi connectivity index (χ1v) is 4.82. The molecule has 0 saturated carbocycles. The second-order valence-corrected chi connectivity index (χ2v) is 3.36. The van der Waals surface area contributed by atoms with Crippen molar-refractivity contribution in [3.05, 3.63) is 29.6 Å². The molecule has 2 nitrogen and oxygen atoms in total. The van der Waals surface area contributed by atoms with Gasteiger partial charge in [0.2, 0.25) is 0 Å². The molecule has 0 heterocycles. The predicted molar refractivity (Wildman–Crippen MR) is 55.9 cm³/mol. The van der Waals surface area contributed by atoms with Crippen LogP contribution in [0, 0.1) is 12.7 Å². The molecule has 1 aromatic rings. The second kappa shape index (κ2) is 4.96. The predicted octanol–water partition coefficient (Wildman–Crippen LogP) is 2.32. The van der Waals surface area contributed by atoms with E-state index in [1.807, 2.05) is 6.92 Å². The summed E-state index contributed by atoms with van der Waals surface area (Å²) in [5.41, 5.74) is 1.34. The molecule has 1 rings (SSSR count). The lowest BCUT2D eigenvalue weighted by molar-refractivity contribution is 0.183. The number of hydrogen-bond acceptors (Lipinski definition) is 2. The molecule has 2 N–H and O–H groups in total. The Hall–Kier alpha value is -1.09. The first-order valence-electron chi connectivity index (χ1n) is 4.82. The molecule has 0 radical (unpaired) electrons. The number of nitrogens with one attached hydrogen (secondary N) is 1. The second-order valence-electron chi connectivity index (χ2n) is 3.36. The van der Waals surface area contributed by atoms with E-state index in [1.54, 1.807) is 19.1 Å². The summed E-state index contributed by atoms with van der Waals surface area (Å²) in [4.78, 5) is 0. The topological polar surface area (TPSA) is 32.3 Å². The van der Waals surface area contributed by atoms with Crippen molar-refractivity contribution in [3.63, 3.8) is 0 Å². The van der Waals surface area contributed by atoms with Gasteiger partial charge in [-0.2, -0.15) is 0 Å². The van der Waals surface area contributed by atoms with Crippen molar-refractivity contribution >= 4 is 5.69 Å². The van der Waals surface area contributed by atoms with E-state index in [0.717, 1.165) is 5.69 Å². The molecule has 0 spiro atoms. The Morgan fingerprint density at radius 2 is 2.21 bits per heavy atom. The quantitative estimate of drug-likeness (QED) is 0.776. The first kappa shape index (κ1) is 11.0. The normalized spacial score (nSPS) is 12.6. The number of anilines is 1. The van der Waals surface area contributed by atoms with Crippen molar-refractivity contribution in [2.45, 2.75) is 26.4 Å². The average molecular weight is 197 g/mol. The van der Waals surface area contributed by atoms with Gasteiger partial charge in [0.25, 0.3) is 0 Å². The van der Waals surface area contributed by atoms with Crippen LogP contribution in [-0.2, 0) is 0 Å². The van der Waals surface area contributed by atoms with Crippen molar-refractivity contribution in [1.82, 2.24) is 0 Å². The van der Waals surface area contributed by atoms with Gasteiger partial charge in [-0.3, -0.25) is 0 Å². The van der Waals surface area contributed by atoms with Gasteiger partial charge in [-0.15, -0.1) is 0 Å². The van der Waals surface area contributed by atoms with Crippen LogP contribution in [0.4, 0.5) is 10.1 Å². The molecule has 0 bridgehead atoms. The molecule has 78 valence electrons. The fourth-order valence-electron chi connectivity index (χ4n) is 1.17. The molecule has 0 amide bonds. The highest BCUT2D eigenvalue weighted by molar-refractivity contribution is 5.50. The minimum Gasteiger partial charge on any atom is -0.391 e. The Kier molecular flexibility index (Phi) is 3.89. The van der Waals surface area contributed by atoms with E-state index in [2.05, 4.69) is 5.32 Å². The Labute approximate surface area is 83.8 Å². The highest BCUT2D eigenvalue weighted by Gasteiger charge is 2.04. The summed E-state index contributed by atoms with van der Waals surface area (Å²) in [5.74, 6) is -0.221. The smallest absolute Gasteiger partial charge is 0.128 e. The van der Waals surface area contributed by atoms with Crippen LogP contribution in [0.1, 0.15) is 18.9 Å². The van der Waals surface area contributed by atoms with Gasteiger partial charge < -0.3 is 10.4 Å². The lowest BCUT2D eigenvalue weighted by Gasteiger charge is -2.12. The van der Waals surface area contributed by atoms with Crippen molar-refractivity contribution < 1.29 is 9.50 Å². The molecule has 1 atom stereocenters. The maximum absolute atomic E-state index is 13.1. The van der Waals surface area contributed by atoms with E-state index >= 15 is 0 Å². The number of benzene rings is 1. The number of aliphatic hydroxyl groups is 1. The van der Waals surface area contributed by atoms with Crippen molar-refractivity contribution in [1.29, 1.82) is 0 Å². The Bertz CT molecular complexity index is 301. The molecule has 0 aliphatic carbocycles. The Morgan fingerprint density at radius 1 is 1.50 bits per heavy atom. The van der Waals surface area contributed by atoms with Gasteiger partial charge in [0.1, 0.15) is 5.82 Å². The zero-order valence-corrected chi connectivity index (χ0v) is 8.55. The monoisotopic (exact) mass is 197 g/mol. The molecular weight excluding hydrogens is 181 g/mol. The van der Waals surface area contributed by atoms with Crippen LogP contribution >= 0.6 is 0 Å². The fourth-order valence-corrected chi connectivity index (χ4v) is 1.17.